The Balaban J connectivity index is 1.56. The van der Waals surface area contributed by atoms with E-state index in [0.717, 1.165) is 22.4 Å². The molecule has 0 aromatic heterocycles. The number of fused-ring (bicyclic) bond motifs is 1. The molecule has 8 heteroatoms. The second kappa shape index (κ2) is 8.43. The van der Waals surface area contributed by atoms with Crippen molar-refractivity contribution in [2.75, 3.05) is 18.6 Å². The lowest BCUT2D eigenvalue weighted by Gasteiger charge is -2.24. The third-order valence-electron chi connectivity index (χ3n) is 5.35. The van der Waals surface area contributed by atoms with Crippen LogP contribution in [0.25, 0.3) is 0 Å². The molecule has 2 aromatic carbocycles. The van der Waals surface area contributed by atoms with Crippen molar-refractivity contribution < 1.29 is 17.9 Å². The van der Waals surface area contributed by atoms with Crippen molar-refractivity contribution >= 4 is 32.7 Å². The quantitative estimate of drug-likeness (QED) is 0.706. The van der Waals surface area contributed by atoms with Crippen LogP contribution in [-0.4, -0.2) is 54.3 Å². The molecule has 0 unspecified atom stereocenters. The van der Waals surface area contributed by atoms with Gasteiger partial charge >= 0.3 is 0 Å². The van der Waals surface area contributed by atoms with E-state index < -0.39 is 9.84 Å². The number of sulfone groups is 1. The van der Waals surface area contributed by atoms with Crippen LogP contribution in [0.3, 0.4) is 0 Å². The number of hydrogen-bond donors (Lipinski definition) is 0. The van der Waals surface area contributed by atoms with Gasteiger partial charge in [-0.25, -0.2) is 8.42 Å². The van der Waals surface area contributed by atoms with Crippen molar-refractivity contribution in [2.45, 2.75) is 31.2 Å². The molecule has 0 spiro atoms. The third kappa shape index (κ3) is 4.70. The van der Waals surface area contributed by atoms with Crippen LogP contribution in [0.5, 0.6) is 5.75 Å². The number of rotatable bonds is 5. The van der Waals surface area contributed by atoms with Gasteiger partial charge in [-0.2, -0.15) is 4.99 Å². The van der Waals surface area contributed by atoms with Crippen molar-refractivity contribution in [3.8, 4) is 5.75 Å². The Bertz CT molecular complexity index is 1080. The molecule has 30 heavy (non-hydrogen) atoms. The van der Waals surface area contributed by atoms with E-state index in [0.29, 0.717) is 11.7 Å². The summed E-state index contributed by atoms with van der Waals surface area (Å²) in [4.78, 5) is 19.0. The lowest BCUT2D eigenvalue weighted by molar-refractivity contribution is -0.117. The minimum Gasteiger partial charge on any atom is -0.497 e. The molecule has 2 aromatic rings. The van der Waals surface area contributed by atoms with Crippen LogP contribution in [0.15, 0.2) is 53.5 Å². The number of amidine groups is 1. The van der Waals surface area contributed by atoms with Crippen molar-refractivity contribution in [3.63, 3.8) is 0 Å². The Kier molecular flexibility index (Phi) is 5.88. The minimum absolute atomic E-state index is 0.0845. The Hall–Kier alpha value is -2.32. The van der Waals surface area contributed by atoms with Crippen molar-refractivity contribution in [3.05, 3.63) is 65.2 Å². The standard InChI is InChI=1S/C22H24N2O4S2/c1-15-4-3-5-17(10-15)11-21(25)23-22-24(12-16-6-8-18(28-2)9-7-16)19-13-30(26,27)14-20(19)29-22/h3-10,19-20H,11-14H2,1-2H3/t19-,20+/m1/s1. The monoisotopic (exact) mass is 444 g/mol. The van der Waals surface area contributed by atoms with E-state index in [1.807, 2.05) is 60.4 Å². The van der Waals surface area contributed by atoms with Crippen LogP contribution in [0.4, 0.5) is 0 Å². The Morgan fingerprint density at radius 1 is 1.17 bits per heavy atom. The lowest BCUT2D eigenvalue weighted by atomic mass is 10.1. The van der Waals surface area contributed by atoms with Gasteiger partial charge in [-0.05, 0) is 30.2 Å². The van der Waals surface area contributed by atoms with Gasteiger partial charge in [0.25, 0.3) is 5.91 Å². The van der Waals surface area contributed by atoms with E-state index in [2.05, 4.69) is 4.99 Å². The number of aryl methyl sites for hydroxylation is 1. The van der Waals surface area contributed by atoms with E-state index in [4.69, 9.17) is 4.74 Å². The fraction of sp³-hybridized carbons (Fsp3) is 0.364. The number of aliphatic imine (C=N–C) groups is 1. The summed E-state index contributed by atoms with van der Waals surface area (Å²) in [7, 11) is -1.45. The predicted octanol–water partition coefficient (Wildman–Crippen LogP) is 2.84. The number of benzene rings is 2. The molecule has 0 bridgehead atoms. The molecular formula is C22H24N2O4S2. The van der Waals surface area contributed by atoms with Gasteiger partial charge in [-0.15, -0.1) is 0 Å². The van der Waals surface area contributed by atoms with Crippen LogP contribution in [0.2, 0.25) is 0 Å². The summed E-state index contributed by atoms with van der Waals surface area (Å²) in [6.45, 7) is 2.50. The Morgan fingerprint density at radius 2 is 1.93 bits per heavy atom. The van der Waals surface area contributed by atoms with Crippen LogP contribution in [0.1, 0.15) is 16.7 Å². The van der Waals surface area contributed by atoms with Gasteiger partial charge in [0.1, 0.15) is 5.75 Å². The molecule has 6 nitrogen and oxygen atoms in total. The topological polar surface area (TPSA) is 76.0 Å². The second-order valence-electron chi connectivity index (χ2n) is 7.73. The van der Waals surface area contributed by atoms with E-state index >= 15 is 0 Å². The first-order valence-corrected chi connectivity index (χ1v) is 12.5. The summed E-state index contributed by atoms with van der Waals surface area (Å²) >= 11 is 1.41. The molecule has 2 fully saturated rings. The molecule has 0 radical (unpaired) electrons. The van der Waals surface area contributed by atoms with Crippen LogP contribution in [-0.2, 0) is 27.6 Å². The molecule has 2 atom stereocenters. The van der Waals surface area contributed by atoms with Gasteiger partial charge < -0.3 is 9.64 Å². The lowest BCUT2D eigenvalue weighted by Crippen LogP contribution is -2.37. The maximum absolute atomic E-state index is 12.6. The molecule has 2 aliphatic rings. The molecule has 2 heterocycles. The number of methoxy groups -OCH3 is 1. The van der Waals surface area contributed by atoms with Gasteiger partial charge in [0.15, 0.2) is 15.0 Å². The average molecular weight is 445 g/mol. The van der Waals surface area contributed by atoms with Crippen molar-refractivity contribution in [1.29, 1.82) is 0 Å². The normalized spacial score (nSPS) is 23.5. The Morgan fingerprint density at radius 3 is 2.63 bits per heavy atom. The van der Waals surface area contributed by atoms with E-state index in [9.17, 15) is 13.2 Å². The highest BCUT2D eigenvalue weighted by atomic mass is 32.2. The number of thioether (sulfide) groups is 1. The first-order chi connectivity index (χ1) is 14.3. The second-order valence-corrected chi connectivity index (χ2v) is 11.1. The first-order valence-electron chi connectivity index (χ1n) is 9.77. The summed E-state index contributed by atoms with van der Waals surface area (Å²) in [6, 6.07) is 15.3. The third-order valence-corrected chi connectivity index (χ3v) is 8.59. The fourth-order valence-corrected chi connectivity index (χ4v) is 7.86. The number of amides is 1. The number of hydrogen-bond acceptors (Lipinski definition) is 5. The maximum Gasteiger partial charge on any atom is 0.252 e. The van der Waals surface area contributed by atoms with Gasteiger partial charge in [-0.1, -0.05) is 53.7 Å². The number of nitrogens with zero attached hydrogens (tertiary/aromatic N) is 2. The summed E-state index contributed by atoms with van der Waals surface area (Å²) in [5.74, 6) is 0.780. The summed E-state index contributed by atoms with van der Waals surface area (Å²) in [6.07, 6.45) is 0.232. The zero-order chi connectivity index (χ0) is 21.3. The zero-order valence-electron chi connectivity index (χ0n) is 16.9. The molecule has 0 saturated carbocycles. The summed E-state index contributed by atoms with van der Waals surface area (Å²) < 4.78 is 29.5. The first kappa shape index (κ1) is 20.9. The minimum atomic E-state index is -3.07. The average Bonchev–Trinajstić information content (AvgIpc) is 3.14. The van der Waals surface area contributed by atoms with E-state index in [1.54, 1.807) is 7.11 Å². The summed E-state index contributed by atoms with van der Waals surface area (Å²) in [5, 5.41) is 0.534. The molecule has 2 aliphatic heterocycles. The molecular weight excluding hydrogens is 420 g/mol. The highest BCUT2D eigenvalue weighted by Gasteiger charge is 2.48. The van der Waals surface area contributed by atoms with E-state index in [-0.39, 0.29) is 35.1 Å². The molecule has 4 rings (SSSR count). The van der Waals surface area contributed by atoms with Gasteiger partial charge in [0.05, 0.1) is 31.1 Å². The molecule has 2 saturated heterocycles. The molecule has 0 aliphatic carbocycles. The molecule has 158 valence electrons. The van der Waals surface area contributed by atoms with Gasteiger partial charge in [0.2, 0.25) is 0 Å². The molecule has 0 N–H and O–H groups in total. The largest absolute Gasteiger partial charge is 0.497 e. The smallest absolute Gasteiger partial charge is 0.252 e. The zero-order valence-corrected chi connectivity index (χ0v) is 18.6. The Labute approximate surface area is 181 Å². The number of carbonyl (C=O) groups excluding carboxylic acids is 1. The highest BCUT2D eigenvalue weighted by Crippen LogP contribution is 2.39. The van der Waals surface area contributed by atoms with Crippen LogP contribution >= 0.6 is 11.8 Å². The van der Waals surface area contributed by atoms with Crippen molar-refractivity contribution in [1.82, 2.24) is 4.90 Å². The predicted molar refractivity (Wildman–Crippen MR) is 120 cm³/mol. The SMILES string of the molecule is COc1ccc(CN2C(=NC(=O)Cc3cccc(C)c3)S[C@H]3CS(=O)(=O)C[C@H]32)cc1. The fourth-order valence-electron chi connectivity index (χ4n) is 3.89. The van der Waals surface area contributed by atoms with E-state index in [1.165, 1.54) is 11.8 Å². The maximum atomic E-state index is 12.6. The number of carbonyl (C=O) groups is 1. The van der Waals surface area contributed by atoms with Crippen LogP contribution < -0.4 is 4.74 Å². The summed E-state index contributed by atoms with van der Waals surface area (Å²) in [5.41, 5.74) is 3.04. The molecule has 1 amide bonds. The van der Waals surface area contributed by atoms with Crippen LogP contribution in [0, 0.1) is 6.92 Å². The van der Waals surface area contributed by atoms with Crippen molar-refractivity contribution in [2.24, 2.45) is 4.99 Å². The highest BCUT2D eigenvalue weighted by molar-refractivity contribution is 8.15. The number of ether oxygens (including phenoxy) is 1. The van der Waals surface area contributed by atoms with Gasteiger partial charge in [-0.3, -0.25) is 4.79 Å². The van der Waals surface area contributed by atoms with Gasteiger partial charge in [0, 0.05) is 11.8 Å².